The molecule has 0 atom stereocenters. The molecule has 1 aliphatic heterocycles. The molecule has 0 saturated heterocycles. The zero-order chi connectivity index (χ0) is 17.3. The Morgan fingerprint density at radius 3 is 1.92 bits per heavy atom. The van der Waals surface area contributed by atoms with E-state index in [1.54, 1.807) is 18.2 Å². The molecule has 1 aliphatic rings. The van der Waals surface area contributed by atoms with Crippen molar-refractivity contribution in [3.63, 3.8) is 0 Å². The van der Waals surface area contributed by atoms with Gasteiger partial charge in [-0.1, -0.05) is 60.7 Å². The highest BCUT2D eigenvalue weighted by molar-refractivity contribution is 5.90. The van der Waals surface area contributed by atoms with Gasteiger partial charge in [-0.25, -0.2) is 4.79 Å². The molecule has 0 amide bonds. The van der Waals surface area contributed by atoms with Crippen molar-refractivity contribution in [1.29, 1.82) is 0 Å². The smallest absolute Gasteiger partial charge is 0.337 e. The van der Waals surface area contributed by atoms with E-state index in [2.05, 4.69) is 0 Å². The van der Waals surface area contributed by atoms with Crippen LogP contribution in [0.5, 0.6) is 11.5 Å². The average Bonchev–Trinajstić information content (AvgIpc) is 3.08. The van der Waals surface area contributed by atoms with Crippen LogP contribution in [0.15, 0.2) is 78.9 Å². The van der Waals surface area contributed by atoms with E-state index < -0.39 is 11.8 Å². The third-order valence-electron chi connectivity index (χ3n) is 4.18. The molecule has 4 heteroatoms. The van der Waals surface area contributed by atoms with Crippen LogP contribution in [0.25, 0.3) is 0 Å². The Hall–Kier alpha value is -3.27. The lowest BCUT2D eigenvalue weighted by molar-refractivity contribution is -0.0459. The van der Waals surface area contributed by atoms with E-state index in [1.165, 1.54) is 7.11 Å². The number of hydrogen-bond donors (Lipinski definition) is 0. The first-order valence-electron chi connectivity index (χ1n) is 7.94. The molecule has 0 N–H and O–H groups in total. The van der Waals surface area contributed by atoms with Crippen molar-refractivity contribution >= 4 is 5.97 Å². The highest BCUT2D eigenvalue weighted by Crippen LogP contribution is 2.47. The Morgan fingerprint density at radius 2 is 1.36 bits per heavy atom. The summed E-state index contributed by atoms with van der Waals surface area (Å²) in [5.74, 6) is -0.404. The zero-order valence-corrected chi connectivity index (χ0v) is 13.6. The summed E-state index contributed by atoms with van der Waals surface area (Å²) in [5, 5.41) is 0. The second-order valence-corrected chi connectivity index (χ2v) is 5.71. The van der Waals surface area contributed by atoms with Gasteiger partial charge in [-0.05, 0) is 18.2 Å². The van der Waals surface area contributed by atoms with Crippen LogP contribution in [0, 0.1) is 0 Å². The number of esters is 1. The van der Waals surface area contributed by atoms with E-state index in [0.29, 0.717) is 17.1 Å². The molecule has 0 aromatic heterocycles. The zero-order valence-electron chi connectivity index (χ0n) is 13.6. The van der Waals surface area contributed by atoms with Crippen molar-refractivity contribution in [2.24, 2.45) is 0 Å². The van der Waals surface area contributed by atoms with Gasteiger partial charge in [-0.15, -0.1) is 0 Å². The van der Waals surface area contributed by atoms with Crippen LogP contribution < -0.4 is 9.47 Å². The monoisotopic (exact) mass is 332 g/mol. The molecule has 4 nitrogen and oxygen atoms in total. The summed E-state index contributed by atoms with van der Waals surface area (Å²) in [6.07, 6.45) is 0. The first-order chi connectivity index (χ1) is 12.2. The van der Waals surface area contributed by atoms with Gasteiger partial charge in [-0.3, -0.25) is 0 Å². The van der Waals surface area contributed by atoms with Gasteiger partial charge in [0.1, 0.15) is 0 Å². The maximum absolute atomic E-state index is 11.8. The molecule has 0 fully saturated rings. The second-order valence-electron chi connectivity index (χ2n) is 5.71. The topological polar surface area (TPSA) is 44.8 Å². The lowest BCUT2D eigenvalue weighted by Gasteiger charge is -2.28. The van der Waals surface area contributed by atoms with Crippen molar-refractivity contribution in [3.8, 4) is 11.5 Å². The number of ether oxygens (including phenoxy) is 3. The predicted molar refractivity (Wildman–Crippen MR) is 92.7 cm³/mol. The van der Waals surface area contributed by atoms with Crippen molar-refractivity contribution in [2.75, 3.05) is 7.11 Å². The molecule has 0 saturated carbocycles. The molecule has 25 heavy (non-hydrogen) atoms. The fourth-order valence-corrected chi connectivity index (χ4v) is 2.97. The maximum Gasteiger partial charge on any atom is 0.337 e. The van der Waals surface area contributed by atoms with E-state index in [0.717, 1.165) is 11.1 Å². The van der Waals surface area contributed by atoms with Crippen molar-refractivity contribution in [3.05, 3.63) is 95.6 Å². The van der Waals surface area contributed by atoms with Gasteiger partial charge in [0, 0.05) is 11.1 Å². The summed E-state index contributed by atoms with van der Waals surface area (Å²) in [6, 6.07) is 24.5. The largest absolute Gasteiger partial charge is 0.465 e. The van der Waals surface area contributed by atoms with Gasteiger partial charge in [0.05, 0.1) is 12.7 Å². The number of hydrogen-bond acceptors (Lipinski definition) is 4. The molecule has 0 unspecified atom stereocenters. The van der Waals surface area contributed by atoms with E-state index in [-0.39, 0.29) is 0 Å². The van der Waals surface area contributed by atoms with Crippen LogP contribution in [0.1, 0.15) is 21.5 Å². The Kier molecular flexibility index (Phi) is 3.65. The molecule has 124 valence electrons. The molecular weight excluding hydrogens is 316 g/mol. The quantitative estimate of drug-likeness (QED) is 0.676. The molecule has 4 rings (SSSR count). The lowest BCUT2D eigenvalue weighted by atomic mass is 9.97. The minimum absolute atomic E-state index is 0.414. The second kappa shape index (κ2) is 5.98. The number of carbonyl (C=O) groups excluding carboxylic acids is 1. The van der Waals surface area contributed by atoms with Crippen molar-refractivity contribution < 1.29 is 19.0 Å². The standard InChI is InChI=1S/C21H16O4/c1-23-20(22)15-12-13-18-19(14-15)25-21(24-18,16-8-4-2-5-9-16)17-10-6-3-7-11-17/h2-14H,1H3. The SMILES string of the molecule is COC(=O)c1ccc2c(c1)OC(c1ccccc1)(c1ccccc1)O2. The van der Waals surface area contributed by atoms with Crippen LogP contribution in [-0.2, 0) is 10.5 Å². The number of carbonyl (C=O) groups is 1. The van der Waals surface area contributed by atoms with Gasteiger partial charge in [-0.2, -0.15) is 0 Å². The third kappa shape index (κ3) is 2.52. The van der Waals surface area contributed by atoms with Gasteiger partial charge in [0.15, 0.2) is 11.5 Å². The maximum atomic E-state index is 11.8. The number of rotatable bonds is 3. The van der Waals surface area contributed by atoms with Crippen LogP contribution in [0.2, 0.25) is 0 Å². The summed E-state index contributed by atoms with van der Waals surface area (Å²) >= 11 is 0. The first-order valence-corrected chi connectivity index (χ1v) is 7.94. The Morgan fingerprint density at radius 1 is 0.800 bits per heavy atom. The lowest BCUT2D eigenvalue weighted by Crippen LogP contribution is -2.36. The molecule has 0 aliphatic carbocycles. The molecule has 0 bridgehead atoms. The normalized spacial score (nSPS) is 14.1. The Bertz CT molecular complexity index is 864. The van der Waals surface area contributed by atoms with E-state index in [1.807, 2.05) is 60.7 Å². The molecule has 0 spiro atoms. The average molecular weight is 332 g/mol. The van der Waals surface area contributed by atoms with Crippen molar-refractivity contribution in [1.82, 2.24) is 0 Å². The third-order valence-corrected chi connectivity index (χ3v) is 4.18. The van der Waals surface area contributed by atoms with Gasteiger partial charge in [0.25, 0.3) is 0 Å². The van der Waals surface area contributed by atoms with Crippen molar-refractivity contribution in [2.45, 2.75) is 5.79 Å². The fraction of sp³-hybridized carbons (Fsp3) is 0.0952. The predicted octanol–water partition coefficient (Wildman–Crippen LogP) is 4.15. The Labute approximate surface area is 145 Å². The summed E-state index contributed by atoms with van der Waals surface area (Å²) in [4.78, 5) is 11.8. The molecule has 0 radical (unpaired) electrons. The molecule has 3 aromatic carbocycles. The van der Waals surface area contributed by atoms with Gasteiger partial charge < -0.3 is 14.2 Å². The molecule has 3 aromatic rings. The highest BCUT2D eigenvalue weighted by Gasteiger charge is 2.45. The van der Waals surface area contributed by atoms with E-state index in [4.69, 9.17) is 14.2 Å². The first kappa shape index (κ1) is 15.3. The summed E-state index contributed by atoms with van der Waals surface area (Å²) in [6.45, 7) is 0. The fourth-order valence-electron chi connectivity index (χ4n) is 2.97. The minimum atomic E-state index is -1.08. The minimum Gasteiger partial charge on any atom is -0.465 e. The summed E-state index contributed by atoms with van der Waals surface area (Å²) < 4.78 is 17.3. The summed E-state index contributed by atoms with van der Waals surface area (Å²) in [5.41, 5.74) is 2.16. The van der Waals surface area contributed by atoms with E-state index in [9.17, 15) is 4.79 Å². The Balaban J connectivity index is 1.83. The summed E-state index contributed by atoms with van der Waals surface area (Å²) in [7, 11) is 1.35. The van der Waals surface area contributed by atoms with Crippen LogP contribution in [-0.4, -0.2) is 13.1 Å². The van der Waals surface area contributed by atoms with Crippen LogP contribution in [0.3, 0.4) is 0 Å². The number of fused-ring (bicyclic) bond motifs is 1. The van der Waals surface area contributed by atoms with Crippen LogP contribution >= 0.6 is 0 Å². The molecular formula is C21H16O4. The number of benzene rings is 3. The van der Waals surface area contributed by atoms with E-state index >= 15 is 0 Å². The van der Waals surface area contributed by atoms with Gasteiger partial charge in [0.2, 0.25) is 0 Å². The van der Waals surface area contributed by atoms with Crippen LogP contribution in [0.4, 0.5) is 0 Å². The van der Waals surface area contributed by atoms with Gasteiger partial charge >= 0.3 is 11.8 Å². The number of methoxy groups -OCH3 is 1. The highest BCUT2D eigenvalue weighted by atomic mass is 16.7. The molecule has 1 heterocycles.